The Hall–Kier alpha value is -1.23. The van der Waals surface area contributed by atoms with Gasteiger partial charge in [0.05, 0.1) is 17.6 Å². The Kier molecular flexibility index (Phi) is 4.85. The number of rotatable bonds is 5. The minimum atomic E-state index is -3.08. The van der Waals surface area contributed by atoms with E-state index in [1.54, 1.807) is 27.9 Å². The molecular formula is C14H23NO3S. The van der Waals surface area contributed by atoms with Gasteiger partial charge in [0.25, 0.3) is 0 Å². The molecule has 0 aliphatic carbocycles. The summed E-state index contributed by atoms with van der Waals surface area (Å²) in [6, 6.07) is 5.67. The largest absolute Gasteiger partial charge is 0.497 e. The number of aryl methyl sites for hydroxylation is 1. The molecule has 0 aromatic heterocycles. The van der Waals surface area contributed by atoms with Gasteiger partial charge in [0, 0.05) is 12.2 Å². The zero-order valence-electron chi connectivity index (χ0n) is 12.3. The van der Waals surface area contributed by atoms with Gasteiger partial charge >= 0.3 is 0 Å². The van der Waals surface area contributed by atoms with Crippen molar-refractivity contribution in [2.75, 3.05) is 24.7 Å². The number of hydrogen-bond donors (Lipinski definition) is 1. The summed E-state index contributed by atoms with van der Waals surface area (Å²) in [6.07, 6.45) is 0. The van der Waals surface area contributed by atoms with Gasteiger partial charge in [-0.2, -0.15) is 0 Å². The Balaban J connectivity index is 2.64. The maximum Gasteiger partial charge on any atom is 0.156 e. The third-order valence-electron chi connectivity index (χ3n) is 3.05. The molecule has 0 heterocycles. The molecule has 0 atom stereocenters. The van der Waals surface area contributed by atoms with Crippen molar-refractivity contribution in [2.45, 2.75) is 32.4 Å². The van der Waals surface area contributed by atoms with Crippen LogP contribution in [0.1, 0.15) is 26.3 Å². The fourth-order valence-electron chi connectivity index (χ4n) is 1.59. The second kappa shape index (κ2) is 5.82. The Bertz CT molecular complexity index is 530. The van der Waals surface area contributed by atoms with Crippen molar-refractivity contribution in [1.29, 1.82) is 0 Å². The zero-order valence-corrected chi connectivity index (χ0v) is 13.1. The molecule has 108 valence electrons. The highest BCUT2D eigenvalue weighted by Crippen LogP contribution is 2.21. The monoisotopic (exact) mass is 285 g/mol. The van der Waals surface area contributed by atoms with E-state index in [0.29, 0.717) is 6.54 Å². The summed E-state index contributed by atoms with van der Waals surface area (Å²) in [4.78, 5) is 0. The number of anilines is 1. The van der Waals surface area contributed by atoms with E-state index in [2.05, 4.69) is 5.32 Å². The van der Waals surface area contributed by atoms with E-state index in [0.717, 1.165) is 17.0 Å². The van der Waals surface area contributed by atoms with Gasteiger partial charge in [-0.1, -0.05) is 0 Å². The molecule has 0 radical (unpaired) electrons. The molecule has 0 unspecified atom stereocenters. The first kappa shape index (κ1) is 15.8. The molecular weight excluding hydrogens is 262 g/mol. The minimum Gasteiger partial charge on any atom is -0.497 e. The normalized spacial score (nSPS) is 12.3. The molecule has 0 fully saturated rings. The SMILES string of the molecule is COc1ccc(NCCS(=O)(=O)C(C)(C)C)c(C)c1. The first-order valence-electron chi connectivity index (χ1n) is 6.28. The van der Waals surface area contributed by atoms with Crippen molar-refractivity contribution in [3.05, 3.63) is 23.8 Å². The lowest BCUT2D eigenvalue weighted by Crippen LogP contribution is -2.32. The van der Waals surface area contributed by atoms with Crippen LogP contribution in [0.25, 0.3) is 0 Å². The highest BCUT2D eigenvalue weighted by molar-refractivity contribution is 7.92. The van der Waals surface area contributed by atoms with Crippen molar-refractivity contribution < 1.29 is 13.2 Å². The fourth-order valence-corrected chi connectivity index (χ4v) is 2.57. The highest BCUT2D eigenvalue weighted by Gasteiger charge is 2.28. The number of nitrogens with one attached hydrogen (secondary N) is 1. The number of benzene rings is 1. The van der Waals surface area contributed by atoms with Crippen LogP contribution in [-0.4, -0.2) is 32.6 Å². The number of methoxy groups -OCH3 is 1. The van der Waals surface area contributed by atoms with Crippen LogP contribution in [0.4, 0.5) is 5.69 Å². The van der Waals surface area contributed by atoms with Gasteiger partial charge in [-0.25, -0.2) is 8.42 Å². The van der Waals surface area contributed by atoms with E-state index < -0.39 is 14.6 Å². The summed E-state index contributed by atoms with van der Waals surface area (Å²) in [6.45, 7) is 7.54. The molecule has 0 saturated heterocycles. The van der Waals surface area contributed by atoms with Crippen LogP contribution in [0.2, 0.25) is 0 Å². The molecule has 1 aromatic carbocycles. The van der Waals surface area contributed by atoms with Gasteiger partial charge in [0.15, 0.2) is 9.84 Å². The molecule has 4 nitrogen and oxygen atoms in total. The average Bonchev–Trinajstić information content (AvgIpc) is 2.29. The summed E-state index contributed by atoms with van der Waals surface area (Å²) in [5.41, 5.74) is 1.97. The maximum atomic E-state index is 12.0. The van der Waals surface area contributed by atoms with Gasteiger partial charge < -0.3 is 10.1 Å². The van der Waals surface area contributed by atoms with Gasteiger partial charge in [-0.15, -0.1) is 0 Å². The van der Waals surface area contributed by atoms with E-state index in [-0.39, 0.29) is 5.75 Å². The second-order valence-corrected chi connectivity index (χ2v) is 8.40. The van der Waals surface area contributed by atoms with E-state index in [1.807, 2.05) is 25.1 Å². The van der Waals surface area contributed by atoms with Crippen LogP contribution in [0.5, 0.6) is 5.75 Å². The Morgan fingerprint density at radius 2 is 1.89 bits per heavy atom. The quantitative estimate of drug-likeness (QED) is 0.903. The molecule has 1 aromatic rings. The lowest BCUT2D eigenvalue weighted by atomic mass is 10.2. The highest BCUT2D eigenvalue weighted by atomic mass is 32.2. The summed E-state index contributed by atoms with van der Waals surface area (Å²) in [5, 5.41) is 3.16. The number of ether oxygens (including phenoxy) is 1. The van der Waals surface area contributed by atoms with E-state index in [4.69, 9.17) is 4.74 Å². The van der Waals surface area contributed by atoms with E-state index in [9.17, 15) is 8.42 Å². The van der Waals surface area contributed by atoms with Crippen LogP contribution in [0, 0.1) is 6.92 Å². The van der Waals surface area contributed by atoms with Crippen molar-refractivity contribution in [3.8, 4) is 5.75 Å². The van der Waals surface area contributed by atoms with Gasteiger partial charge in [-0.3, -0.25) is 0 Å². The van der Waals surface area contributed by atoms with Crippen LogP contribution in [-0.2, 0) is 9.84 Å². The van der Waals surface area contributed by atoms with Gasteiger partial charge in [-0.05, 0) is 51.5 Å². The Morgan fingerprint density at radius 3 is 2.37 bits per heavy atom. The van der Waals surface area contributed by atoms with Gasteiger partial charge in [0.1, 0.15) is 5.75 Å². The summed E-state index contributed by atoms with van der Waals surface area (Å²) < 4.78 is 28.4. The number of sulfone groups is 1. The Morgan fingerprint density at radius 1 is 1.26 bits per heavy atom. The molecule has 0 aliphatic rings. The van der Waals surface area contributed by atoms with E-state index in [1.165, 1.54) is 0 Å². The van der Waals surface area contributed by atoms with E-state index >= 15 is 0 Å². The van der Waals surface area contributed by atoms with Crippen LogP contribution in [0.15, 0.2) is 18.2 Å². The molecule has 0 spiro atoms. The first-order valence-corrected chi connectivity index (χ1v) is 7.93. The summed E-state index contributed by atoms with van der Waals surface area (Å²) in [7, 11) is -1.46. The Labute approximate surface area is 116 Å². The van der Waals surface area contributed by atoms with Crippen LogP contribution < -0.4 is 10.1 Å². The molecule has 0 saturated carbocycles. The summed E-state index contributed by atoms with van der Waals surface area (Å²) >= 11 is 0. The molecule has 0 bridgehead atoms. The molecule has 1 N–H and O–H groups in total. The maximum absolute atomic E-state index is 12.0. The topological polar surface area (TPSA) is 55.4 Å². The first-order chi connectivity index (χ1) is 8.67. The smallest absolute Gasteiger partial charge is 0.156 e. The molecule has 19 heavy (non-hydrogen) atoms. The lowest BCUT2D eigenvalue weighted by molar-refractivity contribution is 0.414. The molecule has 0 aliphatic heterocycles. The number of hydrogen-bond acceptors (Lipinski definition) is 4. The third-order valence-corrected chi connectivity index (χ3v) is 5.66. The van der Waals surface area contributed by atoms with Crippen molar-refractivity contribution >= 4 is 15.5 Å². The third kappa shape index (κ3) is 4.13. The van der Waals surface area contributed by atoms with Crippen molar-refractivity contribution in [1.82, 2.24) is 0 Å². The predicted octanol–water partition coefficient (Wildman–Crippen LogP) is 2.63. The predicted molar refractivity (Wildman–Crippen MR) is 79.8 cm³/mol. The minimum absolute atomic E-state index is 0.127. The standard InChI is InChI=1S/C14H23NO3S/c1-11-10-12(18-5)6-7-13(11)15-8-9-19(16,17)14(2,3)4/h6-7,10,15H,8-9H2,1-5H3. The van der Waals surface area contributed by atoms with Crippen LogP contribution >= 0.6 is 0 Å². The molecule has 0 amide bonds. The lowest BCUT2D eigenvalue weighted by Gasteiger charge is -2.19. The molecule has 5 heteroatoms. The van der Waals surface area contributed by atoms with Gasteiger partial charge in [0.2, 0.25) is 0 Å². The van der Waals surface area contributed by atoms with Crippen LogP contribution in [0.3, 0.4) is 0 Å². The average molecular weight is 285 g/mol. The van der Waals surface area contributed by atoms with Crippen molar-refractivity contribution in [2.24, 2.45) is 0 Å². The fraction of sp³-hybridized carbons (Fsp3) is 0.571. The zero-order chi connectivity index (χ0) is 14.7. The second-order valence-electron chi connectivity index (χ2n) is 5.54. The molecule has 1 rings (SSSR count). The summed E-state index contributed by atoms with van der Waals surface area (Å²) in [5.74, 6) is 0.924. The van der Waals surface area contributed by atoms with Crippen molar-refractivity contribution in [3.63, 3.8) is 0 Å².